The van der Waals surface area contributed by atoms with Crippen molar-refractivity contribution in [3.05, 3.63) is 64.7 Å². The van der Waals surface area contributed by atoms with E-state index in [9.17, 15) is 26.3 Å². The topological polar surface area (TPSA) is 12.9 Å². The summed E-state index contributed by atoms with van der Waals surface area (Å²) in [4.78, 5) is 3.96. The fourth-order valence-corrected chi connectivity index (χ4v) is 2.71. The van der Waals surface area contributed by atoms with E-state index < -0.39 is 46.2 Å². The Morgan fingerprint density at radius 3 is 2.20 bits per heavy atom. The quantitative estimate of drug-likeness (QED) is 0.180. The second kappa shape index (κ2) is 5.96. The molecule has 0 saturated carbocycles. The van der Waals surface area contributed by atoms with E-state index in [1.807, 2.05) is 0 Å². The average Bonchev–Trinajstić information content (AvgIpc) is 2.83. The van der Waals surface area contributed by atoms with E-state index in [4.69, 9.17) is 0 Å². The summed E-state index contributed by atoms with van der Waals surface area (Å²) in [6.07, 6.45) is 0. The van der Waals surface area contributed by atoms with Crippen molar-refractivity contribution in [3.8, 4) is 11.3 Å². The number of rotatable bonds is 1. The molecular formula is C17H4F6IrN-. The molecule has 1 aromatic heterocycles. The molecule has 1 radical (unpaired) electrons. The summed E-state index contributed by atoms with van der Waals surface area (Å²) < 4.78 is 81.7. The molecule has 1 heterocycles. The molecule has 2 aromatic carbocycles. The molecule has 0 aliphatic heterocycles. The molecule has 3 aromatic rings. The van der Waals surface area contributed by atoms with Gasteiger partial charge in [0, 0.05) is 36.6 Å². The van der Waals surface area contributed by atoms with Crippen LogP contribution in [0.5, 0.6) is 0 Å². The third kappa shape index (κ3) is 2.40. The molecule has 25 heavy (non-hydrogen) atoms. The van der Waals surface area contributed by atoms with E-state index in [2.05, 4.69) is 4.98 Å². The fraction of sp³-hybridized carbons (Fsp3) is 0. The molecule has 1 aliphatic carbocycles. The van der Waals surface area contributed by atoms with E-state index >= 15 is 0 Å². The van der Waals surface area contributed by atoms with Gasteiger partial charge in [-0.15, -0.1) is 0 Å². The van der Waals surface area contributed by atoms with Crippen LogP contribution >= 0.6 is 0 Å². The van der Waals surface area contributed by atoms with Gasteiger partial charge in [0.15, 0.2) is 11.7 Å². The number of pyridine rings is 1. The molecule has 4 rings (SSSR count). The van der Waals surface area contributed by atoms with Gasteiger partial charge in [-0.2, -0.15) is 0 Å². The van der Waals surface area contributed by atoms with Gasteiger partial charge in [-0.3, -0.25) is 13.8 Å². The van der Waals surface area contributed by atoms with E-state index in [0.29, 0.717) is 0 Å². The van der Waals surface area contributed by atoms with E-state index in [1.54, 1.807) is 6.07 Å². The minimum Gasteiger partial charge on any atom is -0.296 e. The zero-order chi connectivity index (χ0) is 17.2. The van der Waals surface area contributed by atoms with Crippen molar-refractivity contribution in [1.29, 1.82) is 0 Å². The van der Waals surface area contributed by atoms with Gasteiger partial charge in [0.25, 0.3) is 0 Å². The summed E-state index contributed by atoms with van der Waals surface area (Å²) in [5, 5.41) is 0.166. The Morgan fingerprint density at radius 1 is 0.800 bits per heavy atom. The van der Waals surface area contributed by atoms with Crippen LogP contribution in [0.15, 0.2) is 24.3 Å². The molecule has 8 heteroatoms. The van der Waals surface area contributed by atoms with Crippen molar-refractivity contribution >= 4 is 22.6 Å². The SMILES string of the molecule is FC1=C(F)c2cc(-c3[c-]c(F)c(F)c(F)c3F)nc3cccc1c23.[Ir]. The van der Waals surface area contributed by atoms with Gasteiger partial charge in [-0.1, -0.05) is 29.8 Å². The number of hydrogen-bond donors (Lipinski definition) is 0. The summed E-state index contributed by atoms with van der Waals surface area (Å²) in [5.41, 5.74) is -1.34. The minimum atomic E-state index is -2.03. The van der Waals surface area contributed by atoms with Crippen molar-refractivity contribution in [2.24, 2.45) is 0 Å². The third-order valence-corrected chi connectivity index (χ3v) is 3.79. The molecule has 0 bridgehead atoms. The maximum absolute atomic E-state index is 14.1. The van der Waals surface area contributed by atoms with Gasteiger partial charge >= 0.3 is 0 Å². The number of halogens is 6. The Labute approximate surface area is 150 Å². The molecule has 0 saturated heterocycles. The summed E-state index contributed by atoms with van der Waals surface area (Å²) >= 11 is 0. The Bertz CT molecular complexity index is 1080. The number of aromatic nitrogens is 1. The molecule has 129 valence electrons. The molecule has 1 aliphatic rings. The predicted molar refractivity (Wildman–Crippen MR) is 74.9 cm³/mol. The summed E-state index contributed by atoms with van der Waals surface area (Å²) in [6, 6.07) is 6.81. The predicted octanol–water partition coefficient (Wildman–Crippen LogP) is 5.33. The zero-order valence-electron chi connectivity index (χ0n) is 11.9. The van der Waals surface area contributed by atoms with Crippen molar-refractivity contribution < 1.29 is 46.4 Å². The minimum absolute atomic E-state index is 0. The first-order chi connectivity index (χ1) is 11.4. The van der Waals surface area contributed by atoms with Crippen LogP contribution in [0.25, 0.3) is 33.8 Å². The summed E-state index contributed by atoms with van der Waals surface area (Å²) in [5.74, 6) is -9.79. The van der Waals surface area contributed by atoms with Crippen molar-refractivity contribution in [1.82, 2.24) is 4.98 Å². The number of nitrogens with zero attached hydrogens (tertiary/aromatic N) is 1. The first-order valence-electron chi connectivity index (χ1n) is 6.65. The van der Waals surface area contributed by atoms with Crippen LogP contribution in [0.3, 0.4) is 0 Å². The molecule has 0 atom stereocenters. The Hall–Kier alpha value is -2.18. The van der Waals surface area contributed by atoms with Crippen LogP contribution in [0.4, 0.5) is 26.3 Å². The van der Waals surface area contributed by atoms with Gasteiger partial charge < -0.3 is 0 Å². The van der Waals surface area contributed by atoms with Crippen LogP contribution in [-0.4, -0.2) is 4.98 Å². The molecule has 0 fully saturated rings. The van der Waals surface area contributed by atoms with Gasteiger partial charge in [0.05, 0.1) is 17.2 Å². The molecule has 0 N–H and O–H groups in total. The average molecular weight is 528 g/mol. The summed E-state index contributed by atoms with van der Waals surface area (Å²) in [6.45, 7) is 0. The van der Waals surface area contributed by atoms with Crippen LogP contribution in [0, 0.1) is 29.3 Å². The summed E-state index contributed by atoms with van der Waals surface area (Å²) in [7, 11) is 0. The molecule has 0 amide bonds. The van der Waals surface area contributed by atoms with Crippen molar-refractivity contribution in [3.63, 3.8) is 0 Å². The molecular weight excluding hydrogens is 524 g/mol. The van der Waals surface area contributed by atoms with Crippen LogP contribution < -0.4 is 0 Å². The van der Waals surface area contributed by atoms with E-state index in [0.717, 1.165) is 6.07 Å². The van der Waals surface area contributed by atoms with Gasteiger partial charge in [-0.05, 0) is 11.8 Å². The van der Waals surface area contributed by atoms with Gasteiger partial charge in [0.1, 0.15) is 11.6 Å². The largest absolute Gasteiger partial charge is 0.296 e. The second-order valence-electron chi connectivity index (χ2n) is 5.14. The van der Waals surface area contributed by atoms with Crippen LogP contribution in [0.1, 0.15) is 11.1 Å². The molecule has 0 spiro atoms. The normalized spacial score (nSPS) is 12.7. The van der Waals surface area contributed by atoms with E-state index in [1.165, 1.54) is 18.2 Å². The Balaban J connectivity index is 0.00000182. The maximum Gasteiger partial charge on any atom is 0.167 e. The molecule has 0 unspecified atom stereocenters. The van der Waals surface area contributed by atoms with Crippen molar-refractivity contribution in [2.45, 2.75) is 0 Å². The second-order valence-corrected chi connectivity index (χ2v) is 5.14. The zero-order valence-corrected chi connectivity index (χ0v) is 14.3. The smallest absolute Gasteiger partial charge is 0.167 e. The maximum atomic E-state index is 14.1. The van der Waals surface area contributed by atoms with E-state index in [-0.39, 0.29) is 42.1 Å². The standard InChI is InChI=1S/C17H4F6N.Ir/c18-9-4-7(14(20)17(23)16(9)22)11-5-8-12-6(13(19)15(8)21)2-1-3-10(12)24-11;/h1-3,5H;/q-1;. The number of benzene rings is 2. The molecule has 1 nitrogen and oxygen atoms in total. The third-order valence-electron chi connectivity index (χ3n) is 3.79. The van der Waals surface area contributed by atoms with Gasteiger partial charge in [-0.25, -0.2) is 17.6 Å². The monoisotopic (exact) mass is 529 g/mol. The van der Waals surface area contributed by atoms with Gasteiger partial charge in [0.2, 0.25) is 0 Å². The van der Waals surface area contributed by atoms with Crippen LogP contribution in [-0.2, 0) is 20.1 Å². The fourth-order valence-electron chi connectivity index (χ4n) is 2.71. The first kappa shape index (κ1) is 17.6. The Morgan fingerprint density at radius 2 is 1.48 bits per heavy atom. The van der Waals surface area contributed by atoms with Crippen LogP contribution in [0.2, 0.25) is 0 Å². The first-order valence-corrected chi connectivity index (χ1v) is 6.65. The number of hydrogen-bond acceptors (Lipinski definition) is 1. The van der Waals surface area contributed by atoms with Crippen molar-refractivity contribution in [2.75, 3.05) is 0 Å². The Kier molecular flexibility index (Phi) is 4.21.